The summed E-state index contributed by atoms with van der Waals surface area (Å²) in [5.41, 5.74) is 0.454. The van der Waals surface area contributed by atoms with Crippen LogP contribution in [0.1, 0.15) is 30.2 Å². The summed E-state index contributed by atoms with van der Waals surface area (Å²) in [7, 11) is 0. The first-order chi connectivity index (χ1) is 12.5. The highest BCUT2D eigenvalue weighted by Gasteiger charge is 2.24. The van der Waals surface area contributed by atoms with Gasteiger partial charge in [0.2, 0.25) is 0 Å². The van der Waals surface area contributed by atoms with E-state index in [4.69, 9.17) is 0 Å². The molecular formula is C19H26N6O. The molecule has 0 unspecified atom stereocenters. The Morgan fingerprint density at radius 3 is 2.62 bits per heavy atom. The van der Waals surface area contributed by atoms with Gasteiger partial charge in [-0.2, -0.15) is 0 Å². The molecule has 0 saturated carbocycles. The molecule has 1 aliphatic heterocycles. The number of carbonyl (C=O) groups is 1. The normalized spacial score (nSPS) is 14.6. The number of pyridine rings is 1. The van der Waals surface area contributed by atoms with Crippen LogP contribution in [0, 0.1) is 12.8 Å². The Balaban J connectivity index is 1.65. The van der Waals surface area contributed by atoms with Crippen LogP contribution in [-0.4, -0.2) is 58.5 Å². The Morgan fingerprint density at radius 1 is 1.19 bits per heavy atom. The first-order valence-corrected chi connectivity index (χ1v) is 9.08. The van der Waals surface area contributed by atoms with Crippen LogP contribution < -0.4 is 10.2 Å². The number of amides is 1. The molecule has 1 saturated heterocycles. The van der Waals surface area contributed by atoms with Gasteiger partial charge in [-0.15, -0.1) is 0 Å². The zero-order valence-corrected chi connectivity index (χ0v) is 15.6. The number of anilines is 2. The van der Waals surface area contributed by atoms with Gasteiger partial charge in [-0.3, -0.25) is 4.79 Å². The molecule has 2 aromatic heterocycles. The van der Waals surface area contributed by atoms with E-state index in [1.807, 2.05) is 30.0 Å². The predicted octanol–water partition coefficient (Wildman–Crippen LogP) is 2.21. The zero-order chi connectivity index (χ0) is 18.5. The second-order valence-electron chi connectivity index (χ2n) is 6.93. The third kappa shape index (κ3) is 4.47. The van der Waals surface area contributed by atoms with E-state index in [0.717, 1.165) is 25.5 Å². The third-order valence-electron chi connectivity index (χ3n) is 4.29. The van der Waals surface area contributed by atoms with Crippen LogP contribution in [0.4, 0.5) is 11.6 Å². The van der Waals surface area contributed by atoms with Crippen molar-refractivity contribution in [3.05, 3.63) is 42.0 Å². The molecule has 0 radical (unpaired) electrons. The minimum absolute atomic E-state index is 0.0382. The third-order valence-corrected chi connectivity index (χ3v) is 4.29. The van der Waals surface area contributed by atoms with Crippen LogP contribution in [0.15, 0.2) is 30.5 Å². The molecule has 7 nitrogen and oxygen atoms in total. The molecule has 138 valence electrons. The summed E-state index contributed by atoms with van der Waals surface area (Å²) in [4.78, 5) is 30.0. The minimum Gasteiger partial charge on any atom is -0.370 e. The van der Waals surface area contributed by atoms with Crippen molar-refractivity contribution < 1.29 is 4.79 Å². The van der Waals surface area contributed by atoms with Crippen molar-refractivity contribution in [1.82, 2.24) is 19.9 Å². The van der Waals surface area contributed by atoms with Crippen molar-refractivity contribution in [3.63, 3.8) is 0 Å². The van der Waals surface area contributed by atoms with Gasteiger partial charge in [0.15, 0.2) is 0 Å². The number of rotatable bonds is 5. The zero-order valence-electron chi connectivity index (χ0n) is 15.6. The highest BCUT2D eigenvalue weighted by atomic mass is 16.2. The molecular weight excluding hydrogens is 328 g/mol. The summed E-state index contributed by atoms with van der Waals surface area (Å²) in [6.07, 6.45) is 1.79. The van der Waals surface area contributed by atoms with Crippen LogP contribution in [0.5, 0.6) is 0 Å². The van der Waals surface area contributed by atoms with Crippen molar-refractivity contribution in [2.24, 2.45) is 5.92 Å². The second kappa shape index (κ2) is 8.12. The lowest BCUT2D eigenvalue weighted by atomic mass is 10.2. The number of nitrogens with zero attached hydrogens (tertiary/aromatic N) is 5. The maximum Gasteiger partial charge on any atom is 0.272 e. The van der Waals surface area contributed by atoms with Crippen LogP contribution in [0.3, 0.4) is 0 Å². The molecule has 3 rings (SSSR count). The summed E-state index contributed by atoms with van der Waals surface area (Å²) in [6.45, 7) is 9.75. The molecule has 0 aliphatic carbocycles. The Hall–Kier alpha value is -2.70. The molecule has 1 amide bonds. The lowest BCUT2D eigenvalue weighted by Gasteiger charge is -2.35. The van der Waals surface area contributed by atoms with Crippen molar-refractivity contribution >= 4 is 17.5 Å². The number of aromatic nitrogens is 3. The van der Waals surface area contributed by atoms with Crippen LogP contribution in [0.25, 0.3) is 0 Å². The van der Waals surface area contributed by atoms with Gasteiger partial charge in [0.25, 0.3) is 5.91 Å². The van der Waals surface area contributed by atoms with Crippen molar-refractivity contribution in [1.29, 1.82) is 0 Å². The predicted molar refractivity (Wildman–Crippen MR) is 102 cm³/mol. The average molecular weight is 354 g/mol. The standard InChI is InChI=1S/C19H26N6O/c1-14(2)13-21-17-12-16(22-15(3)23-17)19(26)25-10-8-24(9-11-25)18-6-4-5-7-20-18/h4-7,12,14H,8-11,13H2,1-3H3,(H,21,22,23). The van der Waals surface area contributed by atoms with Gasteiger partial charge >= 0.3 is 0 Å². The number of carbonyl (C=O) groups excluding carboxylic acids is 1. The SMILES string of the molecule is Cc1nc(NCC(C)C)cc(C(=O)N2CCN(c3ccccn3)CC2)n1. The van der Waals surface area contributed by atoms with E-state index in [-0.39, 0.29) is 5.91 Å². The number of nitrogens with one attached hydrogen (secondary N) is 1. The number of hydrogen-bond acceptors (Lipinski definition) is 6. The fraction of sp³-hybridized carbons (Fsp3) is 0.474. The van der Waals surface area contributed by atoms with Crippen molar-refractivity contribution in [2.45, 2.75) is 20.8 Å². The largest absolute Gasteiger partial charge is 0.370 e. The summed E-state index contributed by atoms with van der Waals surface area (Å²) >= 11 is 0. The first kappa shape index (κ1) is 18.1. The average Bonchev–Trinajstić information content (AvgIpc) is 2.66. The van der Waals surface area contributed by atoms with Crippen LogP contribution >= 0.6 is 0 Å². The quantitative estimate of drug-likeness (QED) is 0.887. The maximum absolute atomic E-state index is 12.9. The van der Waals surface area contributed by atoms with Crippen LogP contribution in [-0.2, 0) is 0 Å². The van der Waals surface area contributed by atoms with Gasteiger partial charge in [0.05, 0.1) is 0 Å². The molecule has 1 aliphatic rings. The molecule has 3 heterocycles. The van der Waals surface area contributed by atoms with Gasteiger partial charge in [-0.1, -0.05) is 19.9 Å². The fourth-order valence-corrected chi connectivity index (χ4v) is 2.92. The van der Waals surface area contributed by atoms with E-state index in [1.165, 1.54) is 0 Å². The molecule has 1 fully saturated rings. The highest BCUT2D eigenvalue weighted by Crippen LogP contribution is 2.15. The van der Waals surface area contributed by atoms with Gasteiger partial charge in [-0.05, 0) is 25.0 Å². The lowest BCUT2D eigenvalue weighted by molar-refractivity contribution is 0.0740. The molecule has 7 heteroatoms. The maximum atomic E-state index is 12.9. The molecule has 26 heavy (non-hydrogen) atoms. The summed E-state index contributed by atoms with van der Waals surface area (Å²) in [6, 6.07) is 7.64. The molecule has 2 aromatic rings. The number of aryl methyl sites for hydroxylation is 1. The number of piperazine rings is 1. The minimum atomic E-state index is -0.0382. The summed E-state index contributed by atoms with van der Waals surface area (Å²) < 4.78 is 0. The molecule has 0 bridgehead atoms. The molecule has 1 N–H and O–H groups in total. The Morgan fingerprint density at radius 2 is 1.96 bits per heavy atom. The lowest BCUT2D eigenvalue weighted by Crippen LogP contribution is -2.49. The van der Waals surface area contributed by atoms with E-state index in [1.54, 1.807) is 12.3 Å². The summed E-state index contributed by atoms with van der Waals surface area (Å²) in [5.74, 6) is 2.74. The second-order valence-corrected chi connectivity index (χ2v) is 6.93. The van der Waals surface area contributed by atoms with Gasteiger partial charge in [-0.25, -0.2) is 15.0 Å². The van der Waals surface area contributed by atoms with E-state index in [9.17, 15) is 4.79 Å². The van der Waals surface area contributed by atoms with E-state index < -0.39 is 0 Å². The Kier molecular flexibility index (Phi) is 5.65. The topological polar surface area (TPSA) is 74.2 Å². The molecule has 0 spiro atoms. The van der Waals surface area contributed by atoms with Crippen LogP contribution in [0.2, 0.25) is 0 Å². The summed E-state index contributed by atoms with van der Waals surface area (Å²) in [5, 5.41) is 3.27. The van der Waals surface area contributed by atoms with Gasteiger partial charge in [0, 0.05) is 45.0 Å². The monoisotopic (exact) mass is 354 g/mol. The van der Waals surface area contributed by atoms with Crippen molar-refractivity contribution in [2.75, 3.05) is 42.9 Å². The fourth-order valence-electron chi connectivity index (χ4n) is 2.92. The van der Waals surface area contributed by atoms with E-state index in [0.29, 0.717) is 36.3 Å². The molecule has 0 aromatic carbocycles. The van der Waals surface area contributed by atoms with Gasteiger partial charge < -0.3 is 15.1 Å². The highest BCUT2D eigenvalue weighted by molar-refractivity contribution is 5.93. The number of hydrogen-bond donors (Lipinski definition) is 1. The van der Waals surface area contributed by atoms with Crippen molar-refractivity contribution in [3.8, 4) is 0 Å². The first-order valence-electron chi connectivity index (χ1n) is 9.08. The van der Waals surface area contributed by atoms with E-state index in [2.05, 4.69) is 39.0 Å². The molecule has 0 atom stereocenters. The van der Waals surface area contributed by atoms with Gasteiger partial charge in [0.1, 0.15) is 23.2 Å². The smallest absolute Gasteiger partial charge is 0.272 e. The van der Waals surface area contributed by atoms with E-state index >= 15 is 0 Å². The Labute approximate surface area is 154 Å². The Bertz CT molecular complexity index is 741.